The molecular weight excluding hydrogens is 436 g/mol. The van der Waals surface area contributed by atoms with Crippen LogP contribution in [0.5, 0.6) is 0 Å². The first-order valence-electron chi connectivity index (χ1n) is 9.82. The largest absolute Gasteiger partial charge is 0.394 e. The van der Waals surface area contributed by atoms with Gasteiger partial charge < -0.3 is 20.2 Å². The lowest BCUT2D eigenvalue weighted by Crippen LogP contribution is -2.58. The molecule has 0 bridgehead atoms. The minimum absolute atomic E-state index is 0.147. The molecule has 0 aliphatic carbocycles. The number of aliphatic hydroxyl groups is 1. The Morgan fingerprint density at radius 2 is 2.00 bits per heavy atom. The average Bonchev–Trinajstić information content (AvgIpc) is 2.81. The third-order valence-corrected chi connectivity index (χ3v) is 5.40. The molecule has 1 saturated heterocycles. The predicted molar refractivity (Wildman–Crippen MR) is 117 cm³/mol. The van der Waals surface area contributed by atoms with E-state index in [1.54, 1.807) is 12.1 Å². The van der Waals surface area contributed by atoms with E-state index in [9.17, 15) is 19.5 Å². The number of piperazine rings is 1. The van der Waals surface area contributed by atoms with Crippen molar-refractivity contribution in [3.8, 4) is 11.4 Å². The van der Waals surface area contributed by atoms with Crippen LogP contribution in [-0.4, -0.2) is 80.4 Å². The molecule has 0 spiro atoms. The van der Waals surface area contributed by atoms with Crippen LogP contribution in [-0.2, 0) is 9.59 Å². The van der Waals surface area contributed by atoms with Crippen molar-refractivity contribution >= 4 is 29.3 Å². The summed E-state index contributed by atoms with van der Waals surface area (Å²) >= 11 is 6.29. The van der Waals surface area contributed by atoms with Crippen molar-refractivity contribution in [1.29, 1.82) is 0 Å². The number of nitrogens with zero attached hydrogens (tertiary/aromatic N) is 5. The monoisotopic (exact) mass is 458 g/mol. The van der Waals surface area contributed by atoms with Crippen molar-refractivity contribution in [2.24, 2.45) is 0 Å². The van der Waals surface area contributed by atoms with E-state index in [-0.39, 0.29) is 48.3 Å². The van der Waals surface area contributed by atoms with E-state index in [0.29, 0.717) is 17.0 Å². The Balaban J connectivity index is 2.08. The highest BCUT2D eigenvalue weighted by molar-refractivity contribution is 6.29. The summed E-state index contributed by atoms with van der Waals surface area (Å²) in [5, 5.41) is 12.5. The molecule has 1 fully saturated rings. The van der Waals surface area contributed by atoms with Gasteiger partial charge in [-0.1, -0.05) is 18.2 Å². The molecule has 3 amide bonds. The molecule has 168 valence electrons. The lowest BCUT2D eigenvalue weighted by atomic mass is 9.98. The maximum absolute atomic E-state index is 12.5. The summed E-state index contributed by atoms with van der Waals surface area (Å²) in [5.41, 5.74) is 1.50. The van der Waals surface area contributed by atoms with Gasteiger partial charge in [0.15, 0.2) is 0 Å². The fourth-order valence-electron chi connectivity index (χ4n) is 3.76. The molecule has 0 unspecified atom stereocenters. The van der Waals surface area contributed by atoms with E-state index in [0.717, 1.165) is 0 Å². The minimum Gasteiger partial charge on any atom is -0.394 e. The molecule has 3 heterocycles. The second-order valence-electron chi connectivity index (χ2n) is 7.20. The Morgan fingerprint density at radius 1 is 1.25 bits per heavy atom. The molecule has 32 heavy (non-hydrogen) atoms. The molecule has 0 saturated carbocycles. The summed E-state index contributed by atoms with van der Waals surface area (Å²) < 4.78 is 0. The molecule has 11 heteroatoms. The zero-order valence-corrected chi connectivity index (χ0v) is 18.4. The van der Waals surface area contributed by atoms with Crippen molar-refractivity contribution < 1.29 is 19.5 Å². The standard InChI is InChI=1S/C21H23ClN6O4/c1-4-20(31)27-8-14(10-29)28(12(2)30)18(9-27)13-5-16(26-19(22)6-13)15-7-17(21(32)23-3)25-11-24-15/h4-7,11,14,18,29H,1,8-10H2,2-3H3,(H,23,32)/t14-,18-/m0/s1. The number of carbonyl (C=O) groups excluding carboxylic acids is 3. The van der Waals surface area contributed by atoms with Gasteiger partial charge in [-0.05, 0) is 29.8 Å². The number of hydrogen-bond acceptors (Lipinski definition) is 7. The zero-order valence-electron chi connectivity index (χ0n) is 17.7. The third-order valence-electron chi connectivity index (χ3n) is 5.20. The molecule has 10 nitrogen and oxygen atoms in total. The van der Waals surface area contributed by atoms with Gasteiger partial charge >= 0.3 is 0 Å². The summed E-state index contributed by atoms with van der Waals surface area (Å²) in [7, 11) is 1.49. The van der Waals surface area contributed by atoms with Gasteiger partial charge in [0.1, 0.15) is 17.2 Å². The molecular formula is C21H23ClN6O4. The first kappa shape index (κ1) is 23.3. The van der Waals surface area contributed by atoms with Gasteiger partial charge in [-0.2, -0.15) is 0 Å². The normalized spacial score (nSPS) is 18.2. The Bertz CT molecular complexity index is 1060. The predicted octanol–water partition coefficient (Wildman–Crippen LogP) is 0.830. The third kappa shape index (κ3) is 4.76. The van der Waals surface area contributed by atoms with Gasteiger partial charge in [-0.25, -0.2) is 15.0 Å². The fourth-order valence-corrected chi connectivity index (χ4v) is 3.97. The molecule has 2 atom stereocenters. The van der Waals surface area contributed by atoms with Crippen LogP contribution in [0.4, 0.5) is 0 Å². The quantitative estimate of drug-likeness (QED) is 0.501. The Morgan fingerprint density at radius 3 is 2.62 bits per heavy atom. The van der Waals surface area contributed by atoms with Crippen molar-refractivity contribution in [3.63, 3.8) is 0 Å². The van der Waals surface area contributed by atoms with E-state index in [1.807, 2.05) is 0 Å². The van der Waals surface area contributed by atoms with E-state index < -0.39 is 12.1 Å². The molecule has 1 aliphatic rings. The van der Waals surface area contributed by atoms with Crippen LogP contribution in [0, 0.1) is 0 Å². The van der Waals surface area contributed by atoms with Crippen LogP contribution >= 0.6 is 11.6 Å². The SMILES string of the molecule is C=CC(=O)N1C[C@@H](CO)N(C(C)=O)[C@H](c2cc(Cl)nc(-c3cc(C(=O)NC)ncn3)c2)C1. The lowest BCUT2D eigenvalue weighted by Gasteiger charge is -2.46. The number of aromatic nitrogens is 3. The molecule has 0 radical (unpaired) electrons. The van der Waals surface area contributed by atoms with Crippen LogP contribution in [0.15, 0.2) is 37.2 Å². The Hall–Kier alpha value is -3.37. The molecule has 1 aliphatic heterocycles. The summed E-state index contributed by atoms with van der Waals surface area (Å²) in [5.74, 6) is -0.934. The van der Waals surface area contributed by atoms with Gasteiger partial charge in [0.25, 0.3) is 5.91 Å². The summed E-state index contributed by atoms with van der Waals surface area (Å²) in [4.78, 5) is 52.2. The van der Waals surface area contributed by atoms with Crippen LogP contribution < -0.4 is 5.32 Å². The zero-order chi connectivity index (χ0) is 23.4. The summed E-state index contributed by atoms with van der Waals surface area (Å²) in [6, 6.07) is 3.60. The van der Waals surface area contributed by atoms with Gasteiger partial charge in [0.2, 0.25) is 11.8 Å². The maximum Gasteiger partial charge on any atom is 0.269 e. The van der Waals surface area contributed by atoms with Crippen LogP contribution in [0.1, 0.15) is 29.0 Å². The number of hydrogen-bond donors (Lipinski definition) is 2. The number of rotatable bonds is 5. The van der Waals surface area contributed by atoms with Gasteiger partial charge in [0, 0.05) is 27.1 Å². The number of nitrogens with one attached hydrogen (secondary N) is 1. The minimum atomic E-state index is -0.593. The maximum atomic E-state index is 12.5. The number of halogens is 1. The number of carbonyl (C=O) groups is 3. The number of aliphatic hydroxyl groups excluding tert-OH is 1. The molecule has 2 aromatic heterocycles. The fraction of sp³-hybridized carbons (Fsp3) is 0.333. The highest BCUT2D eigenvalue weighted by Gasteiger charge is 2.38. The smallest absolute Gasteiger partial charge is 0.269 e. The number of pyridine rings is 1. The van der Waals surface area contributed by atoms with Crippen LogP contribution in [0.2, 0.25) is 5.15 Å². The van der Waals surface area contributed by atoms with Crippen molar-refractivity contribution in [3.05, 3.63) is 53.6 Å². The Labute approximate surface area is 189 Å². The molecule has 2 aromatic rings. The van der Waals surface area contributed by atoms with E-state index in [1.165, 1.54) is 42.2 Å². The first-order valence-corrected chi connectivity index (χ1v) is 10.2. The average molecular weight is 459 g/mol. The van der Waals surface area contributed by atoms with Crippen LogP contribution in [0.25, 0.3) is 11.4 Å². The molecule has 2 N–H and O–H groups in total. The second-order valence-corrected chi connectivity index (χ2v) is 7.59. The highest BCUT2D eigenvalue weighted by Crippen LogP contribution is 2.32. The summed E-state index contributed by atoms with van der Waals surface area (Å²) in [6.45, 7) is 4.99. The second kappa shape index (κ2) is 9.84. The lowest BCUT2D eigenvalue weighted by molar-refractivity contribution is -0.145. The van der Waals surface area contributed by atoms with Crippen molar-refractivity contribution in [1.82, 2.24) is 30.1 Å². The van der Waals surface area contributed by atoms with Gasteiger partial charge in [0.05, 0.1) is 30.1 Å². The Kier molecular flexibility index (Phi) is 7.16. The first-order chi connectivity index (χ1) is 15.3. The van der Waals surface area contributed by atoms with E-state index >= 15 is 0 Å². The molecule has 0 aromatic carbocycles. The highest BCUT2D eigenvalue weighted by atomic mass is 35.5. The topological polar surface area (TPSA) is 129 Å². The summed E-state index contributed by atoms with van der Waals surface area (Å²) in [6.07, 6.45) is 2.44. The van der Waals surface area contributed by atoms with E-state index in [2.05, 4.69) is 26.8 Å². The van der Waals surface area contributed by atoms with E-state index in [4.69, 9.17) is 11.6 Å². The van der Waals surface area contributed by atoms with Gasteiger partial charge in [-0.3, -0.25) is 14.4 Å². The van der Waals surface area contributed by atoms with Crippen molar-refractivity contribution in [2.75, 3.05) is 26.7 Å². The van der Waals surface area contributed by atoms with Crippen LogP contribution in [0.3, 0.4) is 0 Å². The molecule has 3 rings (SSSR count). The van der Waals surface area contributed by atoms with Gasteiger partial charge in [-0.15, -0.1) is 0 Å². The van der Waals surface area contributed by atoms with Crippen molar-refractivity contribution in [2.45, 2.75) is 19.0 Å². The number of amides is 3.